The van der Waals surface area contributed by atoms with E-state index in [2.05, 4.69) is 41.8 Å². The molecule has 2 aliphatic heterocycles. The maximum atomic E-state index is 12.5. The highest BCUT2D eigenvalue weighted by atomic mass is 79.9. The molecule has 12 nitrogen and oxygen atoms in total. The van der Waals surface area contributed by atoms with Crippen molar-refractivity contribution in [3.63, 3.8) is 0 Å². The van der Waals surface area contributed by atoms with Crippen LogP contribution in [0.15, 0.2) is 55.5 Å². The van der Waals surface area contributed by atoms with Gasteiger partial charge in [-0.2, -0.15) is 0 Å². The number of hydrogen-bond acceptors (Lipinski definition) is 8. The molecular weight excluding hydrogens is 955 g/mol. The Morgan fingerprint density at radius 3 is 1.48 bits per heavy atom. The number of aliphatic hydroxyl groups is 2. The smallest absolute Gasteiger partial charge is 0.261 e. The standard InChI is InChI=1S/2C16H17BrClN3O3.2BrH/c2*17-11-6-13-10(5-12(11)18)16(24)21(8-20-13)7-9(22)4-14-15(23)2-1-3-19-14;;/h2*5-6,8,14-15,19,23H,1-4,7H2;2*1H/t2*14-,15+;;/m10../s1. The van der Waals surface area contributed by atoms with Crippen molar-refractivity contribution < 1.29 is 64.4 Å². The SMILES string of the molecule is O=C(C[C@@H]1[NH2+]CCC[C@H]1O)Cn1cnc2cc(Br)c(Cl)cc2c1=O.O=C(C[C@H]1[NH2+]CCC[C@@H]1O)Cn1cnc2cc(Br)c(Cl)cc2c1=O.[Br-].[Br-]. The second kappa shape index (κ2) is 19.5. The molecule has 18 heteroatoms. The Hall–Kier alpha value is -1.60. The zero-order valence-corrected chi connectivity index (χ0v) is 34.4. The van der Waals surface area contributed by atoms with Crippen molar-refractivity contribution in [2.75, 3.05) is 13.1 Å². The summed E-state index contributed by atoms with van der Waals surface area (Å²) in [4.78, 5) is 58.1. The number of ketones is 2. The van der Waals surface area contributed by atoms with Crippen LogP contribution < -0.4 is 55.7 Å². The number of nitrogens with zero attached hydrogens (tertiary/aromatic N) is 4. The van der Waals surface area contributed by atoms with Crippen LogP contribution in [0.2, 0.25) is 10.0 Å². The molecule has 2 fully saturated rings. The van der Waals surface area contributed by atoms with Crippen LogP contribution in [0.5, 0.6) is 0 Å². The Bertz CT molecular complexity index is 1830. The number of aromatic nitrogens is 4. The van der Waals surface area contributed by atoms with Gasteiger partial charge < -0.3 is 54.8 Å². The monoisotopic (exact) mass is 986 g/mol. The van der Waals surface area contributed by atoms with E-state index in [0.717, 1.165) is 38.8 Å². The van der Waals surface area contributed by atoms with Crippen molar-refractivity contribution in [2.45, 2.75) is 75.9 Å². The topological polar surface area (TPSA) is 178 Å². The lowest BCUT2D eigenvalue weighted by Gasteiger charge is -2.25. The molecule has 2 aromatic heterocycles. The number of halogens is 6. The molecular formula is C32H36Br4Cl2N6O6. The normalized spacial score (nSPS) is 20.3. The van der Waals surface area contributed by atoms with Gasteiger partial charge in [0.2, 0.25) is 0 Å². The number of quaternary nitrogens is 2. The van der Waals surface area contributed by atoms with Crippen LogP contribution in [0.25, 0.3) is 21.8 Å². The molecule has 50 heavy (non-hydrogen) atoms. The second-order valence-electron chi connectivity index (χ2n) is 12.2. The lowest BCUT2D eigenvalue weighted by atomic mass is 9.97. The summed E-state index contributed by atoms with van der Waals surface area (Å²) in [5, 5.41) is 25.5. The molecule has 0 radical (unpaired) electrons. The van der Waals surface area contributed by atoms with Gasteiger partial charge in [0.25, 0.3) is 11.1 Å². The summed E-state index contributed by atoms with van der Waals surface area (Å²) >= 11 is 18.7. The molecule has 0 spiro atoms. The Kier molecular flexibility index (Phi) is 16.7. The minimum atomic E-state index is -0.467. The summed E-state index contributed by atoms with van der Waals surface area (Å²) < 4.78 is 3.92. The molecule has 2 aromatic carbocycles. The fourth-order valence-corrected chi connectivity index (χ4v) is 7.06. The van der Waals surface area contributed by atoms with Crippen LogP contribution in [0.1, 0.15) is 38.5 Å². The number of nitrogens with two attached hydrogens (primary N) is 2. The van der Waals surface area contributed by atoms with Crippen LogP contribution in [0.3, 0.4) is 0 Å². The average Bonchev–Trinajstić information content (AvgIpc) is 3.05. The van der Waals surface area contributed by atoms with Gasteiger partial charge in [-0.05, 0) is 81.8 Å². The summed E-state index contributed by atoms with van der Waals surface area (Å²) in [6.07, 6.45) is 5.66. The van der Waals surface area contributed by atoms with Gasteiger partial charge in [0.15, 0.2) is 11.6 Å². The van der Waals surface area contributed by atoms with Gasteiger partial charge >= 0.3 is 0 Å². The maximum absolute atomic E-state index is 12.5. The van der Waals surface area contributed by atoms with Gasteiger partial charge in [0.05, 0.1) is 83.5 Å². The largest absolute Gasteiger partial charge is 1.00 e. The van der Waals surface area contributed by atoms with Crippen molar-refractivity contribution in [3.05, 3.63) is 76.6 Å². The number of carbonyl (C=O) groups is 2. The highest BCUT2D eigenvalue weighted by Gasteiger charge is 2.29. The lowest BCUT2D eigenvalue weighted by Crippen LogP contribution is -3.00. The van der Waals surface area contributed by atoms with Gasteiger partial charge in [-0.1, -0.05) is 23.2 Å². The molecule has 2 aliphatic rings. The third-order valence-corrected chi connectivity index (χ3v) is 11.1. The van der Waals surface area contributed by atoms with E-state index in [4.69, 9.17) is 23.2 Å². The molecule has 0 unspecified atom stereocenters. The maximum Gasteiger partial charge on any atom is 0.261 e. The van der Waals surface area contributed by atoms with Crippen molar-refractivity contribution in [1.29, 1.82) is 0 Å². The van der Waals surface area contributed by atoms with Crippen molar-refractivity contribution in [3.8, 4) is 0 Å². The lowest BCUT2D eigenvalue weighted by molar-refractivity contribution is -0.704. The highest BCUT2D eigenvalue weighted by Crippen LogP contribution is 2.26. The van der Waals surface area contributed by atoms with Gasteiger partial charge in [0.1, 0.15) is 24.3 Å². The first kappa shape index (κ1) is 42.8. The summed E-state index contributed by atoms with van der Waals surface area (Å²) in [5.41, 5.74) is 0.457. The van der Waals surface area contributed by atoms with E-state index in [-0.39, 0.29) is 94.7 Å². The van der Waals surface area contributed by atoms with E-state index >= 15 is 0 Å². The van der Waals surface area contributed by atoms with E-state index in [1.54, 1.807) is 24.3 Å². The minimum absolute atomic E-state index is 0. The van der Waals surface area contributed by atoms with E-state index in [1.165, 1.54) is 21.8 Å². The Morgan fingerprint density at radius 2 is 1.12 bits per heavy atom. The number of rotatable bonds is 8. The van der Waals surface area contributed by atoms with Crippen molar-refractivity contribution in [1.82, 2.24) is 19.1 Å². The Morgan fingerprint density at radius 1 is 0.740 bits per heavy atom. The first-order chi connectivity index (χ1) is 22.9. The number of benzene rings is 2. The van der Waals surface area contributed by atoms with Gasteiger partial charge in [-0.15, -0.1) is 0 Å². The second-order valence-corrected chi connectivity index (χ2v) is 14.7. The minimum Gasteiger partial charge on any atom is -1.00 e. The number of Topliss-reactive ketones (excluding diaryl/α,β-unsaturated/α-hetero) is 2. The van der Waals surface area contributed by atoms with E-state index in [9.17, 15) is 29.4 Å². The molecule has 4 atom stereocenters. The first-order valence-electron chi connectivity index (χ1n) is 15.7. The molecule has 0 aliphatic carbocycles. The summed E-state index contributed by atoms with van der Waals surface area (Å²) in [7, 11) is 0. The fraction of sp³-hybridized carbons (Fsp3) is 0.438. The van der Waals surface area contributed by atoms with Crippen molar-refractivity contribution in [2.24, 2.45) is 0 Å². The van der Waals surface area contributed by atoms with Gasteiger partial charge in [-0.25, -0.2) is 9.97 Å². The van der Waals surface area contributed by atoms with E-state index < -0.39 is 12.2 Å². The zero-order valence-electron chi connectivity index (χ0n) is 26.6. The molecule has 0 bridgehead atoms. The van der Waals surface area contributed by atoms with Gasteiger partial charge in [0, 0.05) is 8.95 Å². The molecule has 4 heterocycles. The Balaban J connectivity index is 0.000000260. The van der Waals surface area contributed by atoms with Crippen LogP contribution >= 0.6 is 55.1 Å². The van der Waals surface area contributed by atoms with Crippen LogP contribution in [-0.2, 0) is 22.7 Å². The van der Waals surface area contributed by atoms with E-state index in [1.807, 2.05) is 10.6 Å². The van der Waals surface area contributed by atoms with Crippen LogP contribution in [0.4, 0.5) is 0 Å². The van der Waals surface area contributed by atoms with E-state index in [0.29, 0.717) is 40.8 Å². The molecule has 272 valence electrons. The summed E-state index contributed by atoms with van der Waals surface area (Å²) in [5.74, 6) is -0.188. The molecule has 6 rings (SSSR count). The quantitative estimate of drug-likeness (QED) is 0.137. The molecule has 4 aromatic rings. The van der Waals surface area contributed by atoms with Crippen LogP contribution in [-0.4, -0.2) is 78.3 Å². The predicted octanol–water partition coefficient (Wildman–Crippen LogP) is -4.28. The molecule has 6 N–H and O–H groups in total. The van der Waals surface area contributed by atoms with Gasteiger partial charge in [-0.3, -0.25) is 28.3 Å². The first-order valence-corrected chi connectivity index (χ1v) is 18.0. The zero-order chi connectivity index (χ0) is 34.5. The number of aliphatic hydroxyl groups excluding tert-OH is 2. The highest BCUT2D eigenvalue weighted by molar-refractivity contribution is 9.10. The average molecular weight is 991 g/mol. The number of piperidine rings is 2. The fourth-order valence-electron chi connectivity index (χ4n) is 6.07. The molecule has 0 amide bonds. The van der Waals surface area contributed by atoms with Crippen LogP contribution in [0, 0.1) is 0 Å². The number of hydrogen-bond donors (Lipinski definition) is 4. The molecule has 2 saturated heterocycles. The number of carbonyl (C=O) groups excluding carboxylic acids is 2. The number of fused-ring (bicyclic) bond motifs is 2. The predicted molar refractivity (Wildman–Crippen MR) is 188 cm³/mol. The third-order valence-electron chi connectivity index (χ3n) is 8.69. The molecule has 0 saturated carbocycles. The van der Waals surface area contributed by atoms with Crippen molar-refractivity contribution >= 4 is 88.4 Å². The summed E-state index contributed by atoms with van der Waals surface area (Å²) in [6, 6.07) is 6.21. The third kappa shape index (κ3) is 10.7. The summed E-state index contributed by atoms with van der Waals surface area (Å²) in [6.45, 7) is 1.73. The Labute approximate surface area is 335 Å².